The van der Waals surface area contributed by atoms with E-state index in [2.05, 4.69) is 66.1 Å². The molecule has 0 aliphatic heterocycles. The molecule has 33 heavy (non-hydrogen) atoms. The Bertz CT molecular complexity index is 1340. The fourth-order valence-electron chi connectivity index (χ4n) is 4.23. The van der Waals surface area contributed by atoms with Gasteiger partial charge in [0.2, 0.25) is 0 Å². The van der Waals surface area contributed by atoms with E-state index in [9.17, 15) is 0 Å². The molecule has 0 saturated heterocycles. The number of hydrogen-bond donors (Lipinski definition) is 0. The van der Waals surface area contributed by atoms with Crippen LogP contribution in [0.5, 0.6) is 11.5 Å². The predicted molar refractivity (Wildman–Crippen MR) is 134 cm³/mol. The molecule has 0 bridgehead atoms. The molecule has 0 N–H and O–H groups in total. The zero-order valence-electron chi connectivity index (χ0n) is 18.9. The van der Waals surface area contributed by atoms with Gasteiger partial charge in [0.25, 0.3) is 0 Å². The Labute approximate surface area is 194 Å². The van der Waals surface area contributed by atoms with Crippen LogP contribution in [0, 0.1) is 0 Å². The molecule has 0 fully saturated rings. The van der Waals surface area contributed by atoms with Crippen LogP contribution in [0.3, 0.4) is 0 Å². The summed E-state index contributed by atoms with van der Waals surface area (Å²) in [6, 6.07) is 32.9. The van der Waals surface area contributed by atoms with Gasteiger partial charge < -0.3 is 14.0 Å². The van der Waals surface area contributed by atoms with Crippen molar-refractivity contribution in [3.05, 3.63) is 103 Å². The standard InChI is InChI=1S/C29H28N2O2/c1-2-28(33-24-13-4-3-5-14-24)29-30-26-15-8-9-16-27(26)31(29)19-10-20-32-25-18-17-22-11-6-7-12-23(22)21-25/h3-9,11-18,21,28H,2,10,19-20H2,1H3. The van der Waals surface area contributed by atoms with Crippen LogP contribution in [0.1, 0.15) is 31.7 Å². The zero-order valence-corrected chi connectivity index (χ0v) is 18.9. The summed E-state index contributed by atoms with van der Waals surface area (Å²) >= 11 is 0. The third kappa shape index (κ3) is 4.70. The van der Waals surface area contributed by atoms with E-state index in [1.165, 1.54) is 10.8 Å². The van der Waals surface area contributed by atoms with Crippen molar-refractivity contribution in [1.29, 1.82) is 0 Å². The monoisotopic (exact) mass is 436 g/mol. The lowest BCUT2D eigenvalue weighted by atomic mass is 10.1. The first-order valence-electron chi connectivity index (χ1n) is 11.6. The molecule has 4 aromatic carbocycles. The number of hydrogen-bond acceptors (Lipinski definition) is 3. The molecule has 0 aliphatic carbocycles. The van der Waals surface area contributed by atoms with Gasteiger partial charge in [-0.1, -0.05) is 67.6 Å². The highest BCUT2D eigenvalue weighted by molar-refractivity contribution is 5.83. The number of para-hydroxylation sites is 3. The molecular formula is C29H28N2O2. The van der Waals surface area contributed by atoms with Gasteiger partial charge >= 0.3 is 0 Å². The number of imidazole rings is 1. The van der Waals surface area contributed by atoms with Crippen molar-refractivity contribution in [2.45, 2.75) is 32.4 Å². The van der Waals surface area contributed by atoms with E-state index >= 15 is 0 Å². The molecule has 4 nitrogen and oxygen atoms in total. The second kappa shape index (κ2) is 9.78. The summed E-state index contributed by atoms with van der Waals surface area (Å²) in [4.78, 5) is 4.95. The number of aryl methyl sites for hydroxylation is 1. The second-order valence-electron chi connectivity index (χ2n) is 8.15. The number of rotatable bonds is 9. The van der Waals surface area contributed by atoms with Crippen LogP contribution in [0.4, 0.5) is 0 Å². The molecule has 0 aliphatic rings. The summed E-state index contributed by atoms with van der Waals surface area (Å²) in [6.07, 6.45) is 1.61. The van der Waals surface area contributed by atoms with Gasteiger partial charge in [0.15, 0.2) is 11.9 Å². The smallest absolute Gasteiger partial charge is 0.156 e. The lowest BCUT2D eigenvalue weighted by molar-refractivity contribution is 0.185. The van der Waals surface area contributed by atoms with E-state index in [0.717, 1.165) is 47.7 Å². The summed E-state index contributed by atoms with van der Waals surface area (Å²) in [5, 5.41) is 2.42. The molecule has 1 aromatic heterocycles. The summed E-state index contributed by atoms with van der Waals surface area (Å²) in [5.41, 5.74) is 2.13. The molecule has 0 amide bonds. The largest absolute Gasteiger partial charge is 0.494 e. The summed E-state index contributed by atoms with van der Waals surface area (Å²) in [7, 11) is 0. The Morgan fingerprint density at radius 2 is 1.55 bits per heavy atom. The Morgan fingerprint density at radius 1 is 0.788 bits per heavy atom. The third-order valence-corrected chi connectivity index (χ3v) is 5.88. The van der Waals surface area contributed by atoms with Crippen LogP contribution < -0.4 is 9.47 Å². The average molecular weight is 437 g/mol. The van der Waals surface area contributed by atoms with Crippen molar-refractivity contribution in [3.8, 4) is 11.5 Å². The van der Waals surface area contributed by atoms with E-state index in [1.54, 1.807) is 0 Å². The topological polar surface area (TPSA) is 36.3 Å². The molecule has 1 unspecified atom stereocenters. The highest BCUT2D eigenvalue weighted by Gasteiger charge is 2.20. The van der Waals surface area contributed by atoms with Crippen LogP contribution in [-0.2, 0) is 6.54 Å². The highest BCUT2D eigenvalue weighted by Crippen LogP contribution is 2.28. The van der Waals surface area contributed by atoms with Crippen LogP contribution in [0.15, 0.2) is 97.1 Å². The maximum Gasteiger partial charge on any atom is 0.156 e. The van der Waals surface area contributed by atoms with Crippen molar-refractivity contribution in [3.63, 3.8) is 0 Å². The number of ether oxygens (including phenoxy) is 2. The minimum Gasteiger partial charge on any atom is -0.494 e. The molecule has 1 heterocycles. The van der Waals surface area contributed by atoms with Gasteiger partial charge in [-0.05, 0) is 60.0 Å². The molecule has 0 saturated carbocycles. The van der Waals surface area contributed by atoms with Gasteiger partial charge in [-0.3, -0.25) is 0 Å². The summed E-state index contributed by atoms with van der Waals surface area (Å²) in [6.45, 7) is 3.60. The molecule has 5 aromatic rings. The normalized spacial score (nSPS) is 12.2. The average Bonchev–Trinajstić information content (AvgIpc) is 3.24. The van der Waals surface area contributed by atoms with E-state index < -0.39 is 0 Å². The van der Waals surface area contributed by atoms with Crippen molar-refractivity contribution >= 4 is 21.8 Å². The van der Waals surface area contributed by atoms with E-state index in [1.807, 2.05) is 42.5 Å². The number of nitrogens with zero attached hydrogens (tertiary/aromatic N) is 2. The fraction of sp³-hybridized carbons (Fsp3) is 0.207. The van der Waals surface area contributed by atoms with E-state index in [4.69, 9.17) is 14.5 Å². The molecule has 5 rings (SSSR count). The quantitative estimate of drug-likeness (QED) is 0.229. The van der Waals surface area contributed by atoms with Gasteiger partial charge in [-0.15, -0.1) is 0 Å². The van der Waals surface area contributed by atoms with Crippen molar-refractivity contribution in [2.24, 2.45) is 0 Å². The maximum atomic E-state index is 6.32. The third-order valence-electron chi connectivity index (χ3n) is 5.88. The number of benzene rings is 4. The van der Waals surface area contributed by atoms with E-state index in [-0.39, 0.29) is 6.10 Å². The van der Waals surface area contributed by atoms with Gasteiger partial charge in [-0.25, -0.2) is 4.98 Å². The molecule has 4 heteroatoms. The first-order valence-corrected chi connectivity index (χ1v) is 11.6. The molecule has 0 spiro atoms. The lowest BCUT2D eigenvalue weighted by Gasteiger charge is -2.19. The summed E-state index contributed by atoms with van der Waals surface area (Å²) < 4.78 is 14.7. The van der Waals surface area contributed by atoms with Crippen LogP contribution >= 0.6 is 0 Å². The van der Waals surface area contributed by atoms with Crippen LogP contribution in [0.2, 0.25) is 0 Å². The molecule has 166 valence electrons. The zero-order chi connectivity index (χ0) is 22.5. The van der Waals surface area contributed by atoms with Crippen molar-refractivity contribution in [2.75, 3.05) is 6.61 Å². The molecular weight excluding hydrogens is 408 g/mol. The van der Waals surface area contributed by atoms with E-state index in [0.29, 0.717) is 6.61 Å². The Kier molecular flexibility index (Phi) is 6.25. The SMILES string of the molecule is CCC(Oc1ccccc1)c1nc2ccccc2n1CCCOc1ccc2ccccc2c1. The number of aromatic nitrogens is 2. The fourth-order valence-corrected chi connectivity index (χ4v) is 4.23. The number of fused-ring (bicyclic) bond motifs is 2. The highest BCUT2D eigenvalue weighted by atomic mass is 16.5. The van der Waals surface area contributed by atoms with Crippen molar-refractivity contribution in [1.82, 2.24) is 9.55 Å². The van der Waals surface area contributed by atoms with Crippen LogP contribution in [0.25, 0.3) is 21.8 Å². The Morgan fingerprint density at radius 3 is 2.39 bits per heavy atom. The summed E-state index contributed by atoms with van der Waals surface area (Å²) in [5.74, 6) is 2.74. The van der Waals surface area contributed by atoms with Gasteiger partial charge in [0.1, 0.15) is 11.5 Å². The Balaban J connectivity index is 1.32. The minimum absolute atomic E-state index is 0.110. The lowest BCUT2D eigenvalue weighted by Crippen LogP contribution is -2.15. The van der Waals surface area contributed by atoms with Gasteiger partial charge in [0, 0.05) is 6.54 Å². The minimum atomic E-state index is -0.110. The van der Waals surface area contributed by atoms with Crippen molar-refractivity contribution < 1.29 is 9.47 Å². The second-order valence-corrected chi connectivity index (χ2v) is 8.15. The molecule has 0 radical (unpaired) electrons. The van der Waals surface area contributed by atoms with Gasteiger partial charge in [0.05, 0.1) is 17.6 Å². The predicted octanol–water partition coefficient (Wildman–Crippen LogP) is 7.19. The first-order chi connectivity index (χ1) is 16.3. The van der Waals surface area contributed by atoms with Crippen LogP contribution in [-0.4, -0.2) is 16.2 Å². The molecule has 1 atom stereocenters. The van der Waals surface area contributed by atoms with Gasteiger partial charge in [-0.2, -0.15) is 0 Å². The maximum absolute atomic E-state index is 6.32. The Hall–Kier alpha value is -3.79. The first kappa shape index (κ1) is 21.1.